The van der Waals surface area contributed by atoms with E-state index in [1.165, 1.54) is 25.5 Å². The van der Waals surface area contributed by atoms with Gasteiger partial charge in [0, 0.05) is 121 Å². The van der Waals surface area contributed by atoms with Crippen LogP contribution in [0.25, 0.3) is 44.1 Å². The number of nitrogens with zero attached hydrogens (tertiary/aromatic N) is 13. The van der Waals surface area contributed by atoms with Crippen LogP contribution in [0.5, 0.6) is 23.0 Å². The Bertz CT molecular complexity index is 5240. The number of hydrogen-bond acceptors (Lipinski definition) is 31. The molecule has 139 heavy (non-hydrogen) atoms. The fraction of sp³-hybridized carbons (Fsp3) is 0.545. The Morgan fingerprint density at radius 2 is 0.791 bits per heavy atom. The molecular formula is C99H145Cl7K2N20O11. The first-order chi connectivity index (χ1) is 64.9. The summed E-state index contributed by atoms with van der Waals surface area (Å²) in [5.41, 5.74) is 23.1. The second-order valence-electron chi connectivity index (χ2n) is 35.0. The summed E-state index contributed by atoms with van der Waals surface area (Å²) in [6.45, 7) is 36.7. The maximum absolute atomic E-state index is 11.8. The molecule has 8 heterocycles. The van der Waals surface area contributed by atoms with Gasteiger partial charge in [0.15, 0.2) is 22.6 Å². The number of carbonyl (C=O) groups is 5. The maximum atomic E-state index is 11.8. The van der Waals surface area contributed by atoms with Crippen molar-refractivity contribution in [3.63, 3.8) is 0 Å². The van der Waals surface area contributed by atoms with Crippen LogP contribution in [0.3, 0.4) is 0 Å². The number of rotatable bonds is 46. The number of pyridine rings is 4. The zero-order chi connectivity index (χ0) is 103. The number of fused-ring (bicyclic) bond motifs is 4. The smallest absolute Gasteiger partial charge is 1.00 e. The van der Waals surface area contributed by atoms with Crippen LogP contribution in [-0.4, -0.2) is 164 Å². The molecule has 10 rings (SSSR count). The zero-order valence-electron chi connectivity index (χ0n) is 86.6. The van der Waals surface area contributed by atoms with Gasteiger partial charge in [0.25, 0.3) is 6.47 Å². The molecule has 0 amide bonds. The second kappa shape index (κ2) is 69.8. The third kappa shape index (κ3) is 51.0. The third-order valence-electron chi connectivity index (χ3n) is 22.0. The van der Waals surface area contributed by atoms with E-state index < -0.39 is 0 Å². The SMILES string of the molecule is CCCCC[C@@](C)(N)CCC(C)=O.CCCCC[C@](C)(CCC(C)=O)Nc1nc(Cl)nc2cc(Cl)cnc12.CCCCC[C@](C)(CCC(C)=O)Nc1nc(N)nc2cc(Cl)cnc12.CCCCC[C@](C)(CCC(C)=O)Nc1nc(NCc2ccc(OC)cc2OC)nc2cc(Cl)cnc12.CCN(C(C)C)C(C)C.COc1ccc(CN)c(OC)c1.Clc1cnc2c(Cl)nc(Cl)nc2c1.O=CO[O-].[H-].[K+].[K+]. The molecule has 10 aromatic rings. The molecule has 4 atom stereocenters. The number of nitrogens with one attached hydrogen (secondary N) is 4. The fourth-order valence-electron chi connectivity index (χ4n) is 14.4. The van der Waals surface area contributed by atoms with Crippen molar-refractivity contribution in [1.82, 2.24) is 64.7 Å². The Morgan fingerprint density at radius 3 is 1.14 bits per heavy atom. The molecule has 758 valence electrons. The number of methoxy groups -OCH3 is 4. The first kappa shape index (κ1) is 131. The molecule has 2 aromatic carbocycles. The summed E-state index contributed by atoms with van der Waals surface area (Å²) in [4.78, 5) is 111. The minimum atomic E-state index is -0.320. The van der Waals surface area contributed by atoms with Gasteiger partial charge in [-0.1, -0.05) is 176 Å². The first-order valence-electron chi connectivity index (χ1n) is 46.4. The van der Waals surface area contributed by atoms with E-state index in [-0.39, 0.29) is 178 Å². The number of hydrogen-bond donors (Lipinski definition) is 7. The average molecular weight is 2120 g/mol. The largest absolute Gasteiger partial charge is 1.00 e. The van der Waals surface area contributed by atoms with Crippen LogP contribution in [0, 0.1) is 0 Å². The van der Waals surface area contributed by atoms with E-state index in [4.69, 9.17) is 132 Å². The number of unbranched alkanes of at least 4 members (excludes halogenated alkanes) is 8. The van der Waals surface area contributed by atoms with Gasteiger partial charge in [-0.15, -0.1) is 0 Å². The molecule has 0 unspecified atom stereocenters. The van der Waals surface area contributed by atoms with Crippen LogP contribution in [0.1, 0.15) is 284 Å². The Hall–Kier alpha value is -6.11. The normalized spacial score (nSPS) is 12.4. The van der Waals surface area contributed by atoms with Gasteiger partial charge < -0.3 is 88.2 Å². The molecule has 0 aliphatic rings. The fourth-order valence-corrected chi connectivity index (χ4v) is 15.6. The third-order valence-corrected chi connectivity index (χ3v) is 23.5. The first-order valence-corrected chi connectivity index (χ1v) is 49.0. The summed E-state index contributed by atoms with van der Waals surface area (Å²) in [6.07, 6.45) is 28.9. The number of carbonyl (C=O) groups excluding carboxylic acids is 5. The van der Waals surface area contributed by atoms with Crippen molar-refractivity contribution in [2.24, 2.45) is 11.5 Å². The molecule has 0 bridgehead atoms. The molecule has 0 spiro atoms. The Kier molecular flexibility index (Phi) is 65.8. The Balaban J connectivity index is 0.00000167. The standard InChI is InChI=1S/C27H36ClN5O3.C18H24Cl2N4O.C18H26ClN5O.C11H23NO.C9H13NO2.C8H19N.C7H2Cl3N3.CH2O3.2K.H/c1-6-7-8-12-27(3,13-11-18(2)34)33-25-24-22(14-20(28)17-29-24)31-26(32-25)30-16-19-9-10-21(35-4)15-23(19)36-5;2*1-4-5-6-8-18(3,9-7-12(2)25)24-16-15-14(22-17(20)23-16)10-13(19)11-21-15;1-4-5-6-8-11(3,12)9-7-10(2)13;1-11-8-4-3-7(6-10)9(5-8)12-2;1-6-9(7(2)3)8(4)5;8-3-1-4-5(11-2-3)6(9)13-7(10)12-4;2-1-4-3;;;/h9-10,14-15,17H,6-8,11-13,16H2,1-5H3,(H2,30,31,32,33);10-11H,4-9H2,1-3H3,(H,22,23,24);10-11H,4-9H2,1-3H3,(H3,20,22,23,24);4-9,12H2,1-3H3;3-5H,6,10H2,1-2H3;7-8H,6H2,1-5H3;1-2H;1,3H;;;/q;;;;;;;;2*+1;-1/p-1/t27-;2*18-;11-;;;;;;;/m1111......./s1. The Labute approximate surface area is 943 Å². The van der Waals surface area contributed by atoms with Crippen LogP contribution in [0.15, 0.2) is 85.5 Å². The van der Waals surface area contributed by atoms with Gasteiger partial charge in [0.1, 0.15) is 68.2 Å². The molecule has 0 aliphatic heterocycles. The van der Waals surface area contributed by atoms with Gasteiger partial charge in [0.05, 0.1) is 70.6 Å². The van der Waals surface area contributed by atoms with E-state index in [9.17, 15) is 19.2 Å². The molecule has 0 fully saturated rings. The number of anilines is 5. The summed E-state index contributed by atoms with van der Waals surface area (Å²) in [5, 5.41) is 24.7. The number of halogens is 7. The molecule has 0 saturated heterocycles. The predicted molar refractivity (Wildman–Crippen MR) is 559 cm³/mol. The molecule has 8 aromatic heterocycles. The summed E-state index contributed by atoms with van der Waals surface area (Å²) in [6, 6.07) is 19.5. The van der Waals surface area contributed by atoms with Crippen molar-refractivity contribution in [2.45, 2.75) is 319 Å². The van der Waals surface area contributed by atoms with E-state index in [1.54, 1.807) is 99.0 Å². The maximum Gasteiger partial charge on any atom is 1.00 e. The van der Waals surface area contributed by atoms with Crippen LogP contribution in [-0.2, 0) is 41.9 Å². The topological polar surface area (TPSA) is 439 Å². The van der Waals surface area contributed by atoms with Crippen molar-refractivity contribution in [2.75, 3.05) is 62.0 Å². The van der Waals surface area contributed by atoms with E-state index in [0.29, 0.717) is 151 Å². The predicted octanol–water partition coefficient (Wildman–Crippen LogP) is 17.7. The van der Waals surface area contributed by atoms with Crippen molar-refractivity contribution in [1.29, 1.82) is 0 Å². The minimum absolute atomic E-state index is 0. The summed E-state index contributed by atoms with van der Waals surface area (Å²) >= 11 is 41.4. The minimum Gasteiger partial charge on any atom is -1.00 e. The second-order valence-corrected chi connectivity index (χ2v) is 37.8. The van der Waals surface area contributed by atoms with Gasteiger partial charge >= 0.3 is 103 Å². The van der Waals surface area contributed by atoms with Gasteiger partial charge in [-0.3, -0.25) is 9.69 Å². The monoisotopic (exact) mass is 2110 g/mol. The van der Waals surface area contributed by atoms with Gasteiger partial charge in [-0.2, -0.15) is 15.0 Å². The molecule has 40 heteroatoms. The van der Waals surface area contributed by atoms with Crippen LogP contribution in [0.2, 0.25) is 35.8 Å². The molecule has 31 nitrogen and oxygen atoms in total. The van der Waals surface area contributed by atoms with Crippen molar-refractivity contribution >= 4 is 184 Å². The van der Waals surface area contributed by atoms with E-state index >= 15 is 0 Å². The van der Waals surface area contributed by atoms with Crippen molar-refractivity contribution < 1.29 is 157 Å². The number of ether oxygens (including phenoxy) is 4. The van der Waals surface area contributed by atoms with Gasteiger partial charge in [0.2, 0.25) is 22.5 Å². The van der Waals surface area contributed by atoms with Crippen LogP contribution >= 0.6 is 81.2 Å². The molecule has 0 aliphatic carbocycles. The van der Waals surface area contributed by atoms with E-state index in [2.05, 4.69) is 169 Å². The molecular weight excluding hydrogens is 1970 g/mol. The molecule has 0 radical (unpaired) electrons. The van der Waals surface area contributed by atoms with E-state index in [0.717, 1.165) is 138 Å². The Morgan fingerprint density at radius 1 is 0.453 bits per heavy atom. The number of benzene rings is 2. The van der Waals surface area contributed by atoms with E-state index in [1.807, 2.05) is 43.3 Å². The number of nitrogen functional groups attached to an aromatic ring is 1. The quantitative estimate of drug-likeness (QED) is 0.00354. The average Bonchev–Trinajstić information content (AvgIpc) is 0.796. The van der Waals surface area contributed by atoms with Gasteiger partial charge in [-0.05, 0) is 207 Å². The number of nitrogens with two attached hydrogens (primary N) is 3. The van der Waals surface area contributed by atoms with Crippen LogP contribution in [0.4, 0.5) is 29.4 Å². The number of ketones is 4. The molecule has 10 N–H and O–H groups in total. The van der Waals surface area contributed by atoms with Crippen molar-refractivity contribution in [3.05, 3.63) is 132 Å². The van der Waals surface area contributed by atoms with Crippen molar-refractivity contribution in [3.8, 4) is 23.0 Å². The number of aromatic nitrogens is 12. The summed E-state index contributed by atoms with van der Waals surface area (Å²) in [5.74, 6) is 6.14. The zero-order valence-corrected chi connectivity index (χ0v) is 97.1. The number of Topliss-reactive ketones (excluding diaryl/α,β-unsaturated/α-hetero) is 4. The van der Waals surface area contributed by atoms with Crippen LogP contribution < -0.4 is 165 Å². The van der Waals surface area contributed by atoms with Gasteiger partial charge in [-0.25, -0.2) is 44.9 Å². The molecule has 0 saturated carbocycles. The summed E-state index contributed by atoms with van der Waals surface area (Å²) < 4.78 is 21.0. The summed E-state index contributed by atoms with van der Waals surface area (Å²) in [7, 11) is 6.49.